The van der Waals surface area contributed by atoms with Crippen LogP contribution in [0, 0.1) is 12.7 Å². The zero-order chi connectivity index (χ0) is 15.7. The summed E-state index contributed by atoms with van der Waals surface area (Å²) in [7, 11) is 0. The molecule has 0 atom stereocenters. The van der Waals surface area contributed by atoms with E-state index in [0.717, 1.165) is 16.6 Å². The van der Waals surface area contributed by atoms with Crippen molar-refractivity contribution in [2.24, 2.45) is 0 Å². The van der Waals surface area contributed by atoms with Gasteiger partial charge in [-0.2, -0.15) is 0 Å². The summed E-state index contributed by atoms with van der Waals surface area (Å²) in [4.78, 5) is 12.2. The lowest BCUT2D eigenvalue weighted by Gasteiger charge is -2.10. The van der Waals surface area contributed by atoms with Crippen molar-refractivity contribution in [1.29, 1.82) is 0 Å². The van der Waals surface area contributed by atoms with E-state index in [1.165, 1.54) is 12.1 Å². The predicted molar refractivity (Wildman–Crippen MR) is 89.4 cm³/mol. The summed E-state index contributed by atoms with van der Waals surface area (Å²) in [5, 5.41) is 3.70. The van der Waals surface area contributed by atoms with Crippen LogP contribution in [0.5, 0.6) is 0 Å². The van der Waals surface area contributed by atoms with Gasteiger partial charge in [0.2, 0.25) is 5.91 Å². The maximum absolute atomic E-state index is 13.8. The number of amides is 1. The van der Waals surface area contributed by atoms with Crippen molar-refractivity contribution in [3.63, 3.8) is 0 Å². The Bertz CT molecular complexity index is 857. The number of anilines is 1. The molecule has 112 valence electrons. The third kappa shape index (κ3) is 2.90. The highest BCUT2D eigenvalue weighted by atomic mass is 79.9. The zero-order valence-electron chi connectivity index (χ0n) is 11.9. The summed E-state index contributed by atoms with van der Waals surface area (Å²) in [5.74, 6) is -0.720. The van der Waals surface area contributed by atoms with Gasteiger partial charge >= 0.3 is 0 Å². The number of hydrogen-bond donors (Lipinski definition) is 1. The van der Waals surface area contributed by atoms with Crippen LogP contribution in [-0.4, -0.2) is 10.5 Å². The van der Waals surface area contributed by atoms with Crippen LogP contribution in [0.25, 0.3) is 10.9 Å². The molecule has 0 aliphatic rings. The summed E-state index contributed by atoms with van der Waals surface area (Å²) in [5.41, 5.74) is 2.17. The highest BCUT2D eigenvalue weighted by molar-refractivity contribution is 9.10. The smallest absolute Gasteiger partial charge is 0.244 e. The Kier molecular flexibility index (Phi) is 3.98. The second kappa shape index (κ2) is 5.93. The van der Waals surface area contributed by atoms with Crippen molar-refractivity contribution >= 4 is 38.4 Å². The number of nitrogens with one attached hydrogen (secondary N) is 1. The van der Waals surface area contributed by atoms with E-state index in [1.807, 2.05) is 41.8 Å². The van der Waals surface area contributed by atoms with Crippen LogP contribution < -0.4 is 5.32 Å². The minimum absolute atomic E-state index is 0.148. The SMILES string of the molecule is Cc1cc2ccccc2n1CC(=O)Nc1ccc(Br)cc1F. The molecule has 0 saturated heterocycles. The molecule has 0 saturated carbocycles. The van der Waals surface area contributed by atoms with Crippen molar-refractivity contribution < 1.29 is 9.18 Å². The van der Waals surface area contributed by atoms with Crippen molar-refractivity contribution in [2.75, 3.05) is 5.32 Å². The van der Waals surface area contributed by atoms with Gasteiger partial charge in [-0.25, -0.2) is 4.39 Å². The summed E-state index contributed by atoms with van der Waals surface area (Å²) in [6.45, 7) is 2.10. The number of hydrogen-bond acceptors (Lipinski definition) is 1. The average Bonchev–Trinajstić information content (AvgIpc) is 2.78. The van der Waals surface area contributed by atoms with E-state index < -0.39 is 5.82 Å². The van der Waals surface area contributed by atoms with Gasteiger partial charge in [0, 0.05) is 15.7 Å². The van der Waals surface area contributed by atoms with Crippen LogP contribution in [0.3, 0.4) is 0 Å². The lowest BCUT2D eigenvalue weighted by Crippen LogP contribution is -2.19. The third-order valence-electron chi connectivity index (χ3n) is 3.52. The van der Waals surface area contributed by atoms with Gasteiger partial charge in [0.25, 0.3) is 0 Å². The summed E-state index contributed by atoms with van der Waals surface area (Å²) in [6.07, 6.45) is 0. The standard InChI is InChI=1S/C17H14BrFN2O/c1-11-8-12-4-2-3-5-16(12)21(11)10-17(22)20-15-7-6-13(18)9-14(15)19/h2-9H,10H2,1H3,(H,20,22). The molecule has 0 aliphatic carbocycles. The molecule has 0 aliphatic heterocycles. The molecule has 0 bridgehead atoms. The van der Waals surface area contributed by atoms with Gasteiger partial charge < -0.3 is 9.88 Å². The number of benzene rings is 2. The molecule has 2 aromatic carbocycles. The largest absolute Gasteiger partial charge is 0.335 e. The van der Waals surface area contributed by atoms with Crippen LogP contribution in [0.2, 0.25) is 0 Å². The lowest BCUT2D eigenvalue weighted by atomic mass is 10.2. The molecule has 1 heterocycles. The number of para-hydroxylation sites is 1. The molecule has 3 rings (SSSR count). The molecule has 22 heavy (non-hydrogen) atoms. The van der Waals surface area contributed by atoms with Gasteiger partial charge in [-0.05, 0) is 42.6 Å². The number of rotatable bonds is 3. The second-order valence-corrected chi connectivity index (χ2v) is 6.02. The molecule has 3 aromatic rings. The summed E-state index contributed by atoms with van der Waals surface area (Å²) in [6, 6.07) is 14.5. The Hall–Kier alpha value is -2.14. The number of nitrogens with zero attached hydrogens (tertiary/aromatic N) is 1. The zero-order valence-corrected chi connectivity index (χ0v) is 13.5. The van der Waals surface area contributed by atoms with Crippen molar-refractivity contribution in [3.05, 3.63) is 64.5 Å². The molecule has 0 radical (unpaired) electrons. The molecule has 0 fully saturated rings. The number of aryl methyl sites for hydroxylation is 1. The van der Waals surface area contributed by atoms with E-state index in [9.17, 15) is 9.18 Å². The Morgan fingerprint density at radius 2 is 2.00 bits per heavy atom. The number of aromatic nitrogens is 1. The topological polar surface area (TPSA) is 34.0 Å². The monoisotopic (exact) mass is 360 g/mol. The summed E-state index contributed by atoms with van der Waals surface area (Å²) < 4.78 is 16.3. The highest BCUT2D eigenvalue weighted by Crippen LogP contribution is 2.21. The van der Waals surface area contributed by atoms with Gasteiger partial charge in [0.15, 0.2) is 0 Å². The van der Waals surface area contributed by atoms with Crippen LogP contribution in [0.1, 0.15) is 5.69 Å². The molecular weight excluding hydrogens is 347 g/mol. The van der Waals surface area contributed by atoms with E-state index >= 15 is 0 Å². The van der Waals surface area contributed by atoms with Gasteiger partial charge in [0.05, 0.1) is 5.69 Å². The molecule has 0 spiro atoms. The maximum atomic E-state index is 13.8. The first-order valence-electron chi connectivity index (χ1n) is 6.84. The van der Waals surface area contributed by atoms with Crippen LogP contribution in [0.4, 0.5) is 10.1 Å². The first-order chi connectivity index (χ1) is 10.5. The van der Waals surface area contributed by atoms with Crippen molar-refractivity contribution in [1.82, 2.24) is 4.57 Å². The van der Waals surface area contributed by atoms with E-state index in [-0.39, 0.29) is 18.1 Å². The first-order valence-corrected chi connectivity index (χ1v) is 7.63. The van der Waals surface area contributed by atoms with E-state index in [4.69, 9.17) is 0 Å². The van der Waals surface area contributed by atoms with Gasteiger partial charge in [-0.15, -0.1) is 0 Å². The van der Waals surface area contributed by atoms with E-state index in [1.54, 1.807) is 6.07 Å². The van der Waals surface area contributed by atoms with E-state index in [2.05, 4.69) is 21.2 Å². The molecule has 5 heteroatoms. The molecule has 1 aromatic heterocycles. The maximum Gasteiger partial charge on any atom is 0.244 e. The molecular formula is C17H14BrFN2O. The quantitative estimate of drug-likeness (QED) is 0.733. The summed E-state index contributed by atoms with van der Waals surface area (Å²) >= 11 is 3.19. The number of fused-ring (bicyclic) bond motifs is 1. The van der Waals surface area contributed by atoms with Crippen LogP contribution >= 0.6 is 15.9 Å². The van der Waals surface area contributed by atoms with Gasteiger partial charge in [-0.3, -0.25) is 4.79 Å². The Labute approximate surface area is 135 Å². The molecule has 0 unspecified atom stereocenters. The van der Waals surface area contributed by atoms with Crippen molar-refractivity contribution in [3.8, 4) is 0 Å². The molecule has 1 N–H and O–H groups in total. The third-order valence-corrected chi connectivity index (χ3v) is 4.02. The molecule has 1 amide bonds. The normalized spacial score (nSPS) is 10.9. The Morgan fingerprint density at radius 1 is 1.23 bits per heavy atom. The average molecular weight is 361 g/mol. The van der Waals surface area contributed by atoms with Gasteiger partial charge in [-0.1, -0.05) is 34.1 Å². The minimum atomic E-state index is -0.461. The Morgan fingerprint density at radius 3 is 2.77 bits per heavy atom. The number of carbonyl (C=O) groups is 1. The van der Waals surface area contributed by atoms with Crippen molar-refractivity contribution in [2.45, 2.75) is 13.5 Å². The van der Waals surface area contributed by atoms with Crippen LogP contribution in [0.15, 0.2) is 53.0 Å². The van der Waals surface area contributed by atoms with Crippen LogP contribution in [-0.2, 0) is 11.3 Å². The number of halogens is 2. The number of carbonyl (C=O) groups excluding carboxylic acids is 1. The minimum Gasteiger partial charge on any atom is -0.335 e. The first kappa shape index (κ1) is 14.8. The lowest BCUT2D eigenvalue weighted by molar-refractivity contribution is -0.116. The fourth-order valence-corrected chi connectivity index (χ4v) is 2.82. The predicted octanol–water partition coefficient (Wildman–Crippen LogP) is 4.49. The fourth-order valence-electron chi connectivity index (χ4n) is 2.48. The molecule has 3 nitrogen and oxygen atoms in total. The highest BCUT2D eigenvalue weighted by Gasteiger charge is 2.11. The fraction of sp³-hybridized carbons (Fsp3) is 0.118. The second-order valence-electron chi connectivity index (χ2n) is 5.10. The van der Waals surface area contributed by atoms with E-state index in [0.29, 0.717) is 4.47 Å². The van der Waals surface area contributed by atoms with Gasteiger partial charge in [0.1, 0.15) is 12.4 Å². The Balaban J connectivity index is 1.83.